The van der Waals surface area contributed by atoms with Gasteiger partial charge < -0.3 is 10.5 Å². The molecule has 0 fully saturated rings. The molecule has 0 amide bonds. The van der Waals surface area contributed by atoms with Gasteiger partial charge in [0.2, 0.25) is 0 Å². The summed E-state index contributed by atoms with van der Waals surface area (Å²) in [6, 6.07) is 9.65. The number of nitrogens with two attached hydrogens (primary N) is 1. The lowest BCUT2D eigenvalue weighted by atomic mass is 10.1. The van der Waals surface area contributed by atoms with Crippen LogP contribution in [0.4, 0.5) is 5.69 Å². The summed E-state index contributed by atoms with van der Waals surface area (Å²) in [5.74, 6) is 0.824. The van der Waals surface area contributed by atoms with E-state index in [-0.39, 0.29) is 0 Å². The SMILES string of the molecule is COc1ccc(-c2cc3ncc(N)cn3n2)cc1. The van der Waals surface area contributed by atoms with Crippen molar-refractivity contribution in [2.45, 2.75) is 0 Å². The maximum absolute atomic E-state index is 5.67. The molecule has 0 radical (unpaired) electrons. The van der Waals surface area contributed by atoms with Crippen molar-refractivity contribution in [1.82, 2.24) is 14.6 Å². The molecule has 0 aliphatic rings. The number of fused-ring (bicyclic) bond motifs is 1. The zero-order chi connectivity index (χ0) is 12.5. The smallest absolute Gasteiger partial charge is 0.155 e. The molecule has 0 spiro atoms. The maximum Gasteiger partial charge on any atom is 0.155 e. The van der Waals surface area contributed by atoms with Crippen LogP contribution in [0.3, 0.4) is 0 Å². The third-order valence-electron chi connectivity index (χ3n) is 2.72. The Morgan fingerprint density at radius 2 is 2.00 bits per heavy atom. The van der Waals surface area contributed by atoms with E-state index < -0.39 is 0 Å². The van der Waals surface area contributed by atoms with E-state index in [2.05, 4.69) is 10.1 Å². The largest absolute Gasteiger partial charge is 0.497 e. The third-order valence-corrected chi connectivity index (χ3v) is 2.72. The van der Waals surface area contributed by atoms with E-state index in [1.54, 1.807) is 24.0 Å². The van der Waals surface area contributed by atoms with Gasteiger partial charge in [0.15, 0.2) is 5.65 Å². The van der Waals surface area contributed by atoms with Gasteiger partial charge in [0.25, 0.3) is 0 Å². The number of anilines is 1. The van der Waals surface area contributed by atoms with E-state index in [1.165, 1.54) is 0 Å². The summed E-state index contributed by atoms with van der Waals surface area (Å²) in [5.41, 5.74) is 8.90. The quantitative estimate of drug-likeness (QED) is 0.744. The number of aromatic nitrogens is 3. The van der Waals surface area contributed by atoms with Crippen LogP contribution in [0.2, 0.25) is 0 Å². The van der Waals surface area contributed by atoms with Gasteiger partial charge in [-0.3, -0.25) is 0 Å². The lowest BCUT2D eigenvalue weighted by Crippen LogP contribution is -1.93. The molecule has 0 aliphatic carbocycles. The third kappa shape index (κ3) is 1.75. The molecule has 5 nitrogen and oxygen atoms in total. The van der Waals surface area contributed by atoms with Crippen LogP contribution < -0.4 is 10.5 Å². The number of nitrogen functional groups attached to an aromatic ring is 1. The second-order valence-corrected chi connectivity index (χ2v) is 3.95. The maximum atomic E-state index is 5.67. The lowest BCUT2D eigenvalue weighted by Gasteiger charge is -1.99. The van der Waals surface area contributed by atoms with Crippen molar-refractivity contribution in [2.75, 3.05) is 12.8 Å². The summed E-state index contributed by atoms with van der Waals surface area (Å²) >= 11 is 0. The van der Waals surface area contributed by atoms with Gasteiger partial charge in [-0.15, -0.1) is 0 Å². The summed E-state index contributed by atoms with van der Waals surface area (Å²) in [7, 11) is 1.65. The molecule has 18 heavy (non-hydrogen) atoms. The molecule has 5 heteroatoms. The summed E-state index contributed by atoms with van der Waals surface area (Å²) in [6.45, 7) is 0. The van der Waals surface area contributed by atoms with Gasteiger partial charge in [-0.2, -0.15) is 5.10 Å². The number of rotatable bonds is 2. The number of benzene rings is 1. The first-order chi connectivity index (χ1) is 8.76. The van der Waals surface area contributed by atoms with Gasteiger partial charge >= 0.3 is 0 Å². The van der Waals surface area contributed by atoms with E-state index in [4.69, 9.17) is 10.5 Å². The molecule has 0 saturated heterocycles. The minimum absolute atomic E-state index is 0.590. The highest BCUT2D eigenvalue weighted by atomic mass is 16.5. The molecule has 90 valence electrons. The summed E-state index contributed by atoms with van der Waals surface area (Å²) in [6.07, 6.45) is 3.37. The zero-order valence-corrected chi connectivity index (χ0v) is 9.87. The monoisotopic (exact) mass is 240 g/mol. The van der Waals surface area contributed by atoms with Gasteiger partial charge in [-0.1, -0.05) is 0 Å². The highest BCUT2D eigenvalue weighted by Gasteiger charge is 2.05. The summed E-state index contributed by atoms with van der Waals surface area (Å²) in [4.78, 5) is 4.21. The number of nitrogens with zero attached hydrogens (tertiary/aromatic N) is 3. The molecule has 0 unspecified atom stereocenters. The van der Waals surface area contributed by atoms with Crippen molar-refractivity contribution in [3.05, 3.63) is 42.7 Å². The topological polar surface area (TPSA) is 65.4 Å². The molecular weight excluding hydrogens is 228 g/mol. The van der Waals surface area contributed by atoms with Crippen molar-refractivity contribution in [2.24, 2.45) is 0 Å². The van der Waals surface area contributed by atoms with E-state index in [1.807, 2.05) is 30.3 Å². The van der Waals surface area contributed by atoms with Crippen LogP contribution >= 0.6 is 0 Å². The number of hydrogen-bond acceptors (Lipinski definition) is 4. The normalized spacial score (nSPS) is 10.7. The molecule has 3 aromatic rings. The van der Waals surface area contributed by atoms with E-state index >= 15 is 0 Å². The summed E-state index contributed by atoms with van der Waals surface area (Å²) in [5, 5.41) is 4.43. The molecule has 2 heterocycles. The van der Waals surface area contributed by atoms with Gasteiger partial charge in [-0.25, -0.2) is 9.50 Å². The van der Waals surface area contributed by atoms with Crippen molar-refractivity contribution >= 4 is 11.3 Å². The van der Waals surface area contributed by atoms with Crippen molar-refractivity contribution in [3.8, 4) is 17.0 Å². The molecule has 2 aromatic heterocycles. The molecule has 0 saturated carbocycles. The Kier molecular flexibility index (Phi) is 2.37. The fourth-order valence-corrected chi connectivity index (χ4v) is 1.79. The fourth-order valence-electron chi connectivity index (χ4n) is 1.79. The Balaban J connectivity index is 2.07. The van der Waals surface area contributed by atoms with Crippen LogP contribution in [-0.2, 0) is 0 Å². The number of methoxy groups -OCH3 is 1. The fraction of sp³-hybridized carbons (Fsp3) is 0.0769. The first-order valence-electron chi connectivity index (χ1n) is 5.51. The second kappa shape index (κ2) is 4.03. The Bertz CT molecular complexity index is 688. The molecule has 0 atom stereocenters. The second-order valence-electron chi connectivity index (χ2n) is 3.95. The Labute approximate surface area is 104 Å². The molecular formula is C13H12N4O. The van der Waals surface area contributed by atoms with Gasteiger partial charge in [-0.05, 0) is 24.3 Å². The minimum atomic E-state index is 0.590. The number of hydrogen-bond donors (Lipinski definition) is 1. The van der Waals surface area contributed by atoms with Crippen molar-refractivity contribution < 1.29 is 4.74 Å². The predicted molar refractivity (Wildman–Crippen MR) is 69.4 cm³/mol. The van der Waals surface area contributed by atoms with Crippen LogP contribution in [0.5, 0.6) is 5.75 Å². The minimum Gasteiger partial charge on any atom is -0.497 e. The molecule has 2 N–H and O–H groups in total. The van der Waals surface area contributed by atoms with Gasteiger partial charge in [0, 0.05) is 11.6 Å². The number of ether oxygens (including phenoxy) is 1. The first kappa shape index (κ1) is 10.6. The highest BCUT2D eigenvalue weighted by molar-refractivity contribution is 5.65. The molecule has 0 bridgehead atoms. The predicted octanol–water partition coefficient (Wildman–Crippen LogP) is 1.99. The van der Waals surface area contributed by atoms with E-state index in [0.29, 0.717) is 5.69 Å². The summed E-state index contributed by atoms with van der Waals surface area (Å²) < 4.78 is 6.80. The zero-order valence-electron chi connectivity index (χ0n) is 9.87. The Hall–Kier alpha value is -2.56. The van der Waals surface area contributed by atoms with Gasteiger partial charge in [0.1, 0.15) is 5.75 Å². The Morgan fingerprint density at radius 3 is 2.72 bits per heavy atom. The van der Waals surface area contributed by atoms with Crippen LogP contribution in [0.1, 0.15) is 0 Å². The van der Waals surface area contributed by atoms with E-state index in [0.717, 1.165) is 22.7 Å². The van der Waals surface area contributed by atoms with Crippen LogP contribution in [-0.4, -0.2) is 21.7 Å². The average molecular weight is 240 g/mol. The standard InChI is InChI=1S/C13H12N4O/c1-18-11-4-2-9(3-5-11)12-6-13-15-7-10(14)8-17(13)16-12/h2-8H,14H2,1H3. The highest BCUT2D eigenvalue weighted by Crippen LogP contribution is 2.22. The van der Waals surface area contributed by atoms with Crippen molar-refractivity contribution in [3.63, 3.8) is 0 Å². The van der Waals surface area contributed by atoms with Crippen LogP contribution in [0.25, 0.3) is 16.9 Å². The van der Waals surface area contributed by atoms with E-state index in [9.17, 15) is 0 Å². The first-order valence-corrected chi connectivity index (χ1v) is 5.51. The van der Waals surface area contributed by atoms with Crippen LogP contribution in [0.15, 0.2) is 42.7 Å². The average Bonchev–Trinajstić information content (AvgIpc) is 2.81. The van der Waals surface area contributed by atoms with Gasteiger partial charge in [0.05, 0.1) is 30.9 Å². The Morgan fingerprint density at radius 1 is 1.22 bits per heavy atom. The lowest BCUT2D eigenvalue weighted by molar-refractivity contribution is 0.415. The van der Waals surface area contributed by atoms with Crippen LogP contribution in [0, 0.1) is 0 Å². The van der Waals surface area contributed by atoms with Crippen molar-refractivity contribution in [1.29, 1.82) is 0 Å². The molecule has 1 aromatic carbocycles. The molecule has 0 aliphatic heterocycles. The molecule has 3 rings (SSSR count).